The number of aryl methyl sites for hydroxylation is 1. The highest BCUT2D eigenvalue weighted by Crippen LogP contribution is 2.22. The van der Waals surface area contributed by atoms with Gasteiger partial charge in [0.25, 0.3) is 0 Å². The van der Waals surface area contributed by atoms with Gasteiger partial charge in [0.15, 0.2) is 0 Å². The van der Waals surface area contributed by atoms with Crippen LogP contribution in [0.1, 0.15) is 24.2 Å². The zero-order valence-corrected chi connectivity index (χ0v) is 11.2. The van der Waals surface area contributed by atoms with Crippen LogP contribution in [-0.2, 0) is 6.54 Å². The zero-order chi connectivity index (χ0) is 12.3. The molecule has 0 saturated carbocycles. The molecule has 1 atom stereocenters. The summed E-state index contributed by atoms with van der Waals surface area (Å²) in [4.78, 5) is 0. The number of benzene rings is 1. The maximum atomic E-state index is 5.65. The molecule has 2 rings (SSSR count). The normalized spacial score (nSPS) is 12.6. The van der Waals surface area contributed by atoms with Gasteiger partial charge in [-0.3, -0.25) is 10.5 Å². The van der Waals surface area contributed by atoms with Crippen LogP contribution in [0.15, 0.2) is 41.0 Å². The van der Waals surface area contributed by atoms with Crippen LogP contribution in [0.25, 0.3) is 0 Å². The summed E-state index contributed by atoms with van der Waals surface area (Å²) in [5.74, 6) is 5.65. The number of hydrazine groups is 1. The van der Waals surface area contributed by atoms with E-state index in [4.69, 9.17) is 5.84 Å². The highest BCUT2D eigenvalue weighted by atomic mass is 79.9. The molecule has 0 bridgehead atoms. The van der Waals surface area contributed by atoms with E-state index in [2.05, 4.69) is 33.4 Å². The van der Waals surface area contributed by atoms with Gasteiger partial charge in [0, 0.05) is 17.2 Å². The Hall–Kier alpha value is -1.17. The van der Waals surface area contributed by atoms with E-state index in [0.29, 0.717) is 0 Å². The number of hydrogen-bond donors (Lipinski definition) is 2. The van der Waals surface area contributed by atoms with Crippen LogP contribution >= 0.6 is 15.9 Å². The fraction of sp³-hybridized carbons (Fsp3) is 0.250. The molecule has 17 heavy (non-hydrogen) atoms. The number of hydrogen-bond acceptors (Lipinski definition) is 3. The number of nitrogens with two attached hydrogens (primary N) is 1. The van der Waals surface area contributed by atoms with Crippen molar-refractivity contribution in [3.05, 3.63) is 52.3 Å². The van der Waals surface area contributed by atoms with Gasteiger partial charge in [-0.25, -0.2) is 5.43 Å². The quantitative estimate of drug-likeness (QED) is 0.671. The lowest BCUT2D eigenvalue weighted by Gasteiger charge is -2.17. The average molecular weight is 295 g/mol. The molecular formula is C12H15BrN4. The summed E-state index contributed by atoms with van der Waals surface area (Å²) in [5.41, 5.74) is 5.02. The summed E-state index contributed by atoms with van der Waals surface area (Å²) < 4.78 is 2.99. The lowest BCUT2D eigenvalue weighted by molar-refractivity contribution is 0.543. The number of nitrogens with one attached hydrogen (secondary N) is 1. The molecule has 1 heterocycles. The molecule has 0 aliphatic heterocycles. The smallest absolute Gasteiger partial charge is 0.0878 e. The summed E-state index contributed by atoms with van der Waals surface area (Å²) in [5, 5.41) is 4.26. The first-order valence-electron chi connectivity index (χ1n) is 5.49. The van der Waals surface area contributed by atoms with Gasteiger partial charge in [-0.15, -0.1) is 0 Å². The van der Waals surface area contributed by atoms with Crippen molar-refractivity contribution >= 4 is 15.9 Å². The predicted molar refractivity (Wildman–Crippen MR) is 71.2 cm³/mol. The monoisotopic (exact) mass is 294 g/mol. The molecule has 0 fully saturated rings. The molecule has 5 heteroatoms. The van der Waals surface area contributed by atoms with Crippen LogP contribution in [0, 0.1) is 0 Å². The highest BCUT2D eigenvalue weighted by molar-refractivity contribution is 9.10. The Morgan fingerprint density at radius 3 is 2.65 bits per heavy atom. The molecule has 0 aliphatic rings. The Balaban J connectivity index is 2.36. The van der Waals surface area contributed by atoms with Crippen molar-refractivity contribution in [2.24, 2.45) is 5.84 Å². The summed E-state index contributed by atoms with van der Waals surface area (Å²) in [6.07, 6.45) is 1.79. The minimum Gasteiger partial charge on any atom is -0.271 e. The van der Waals surface area contributed by atoms with Crippen LogP contribution in [0.2, 0.25) is 0 Å². The van der Waals surface area contributed by atoms with E-state index in [1.165, 1.54) is 0 Å². The Morgan fingerprint density at radius 2 is 2.06 bits per heavy atom. The minimum absolute atomic E-state index is 0.0365. The average Bonchev–Trinajstić information content (AvgIpc) is 2.81. The molecule has 1 aromatic carbocycles. The summed E-state index contributed by atoms with van der Waals surface area (Å²) >= 11 is 3.42. The van der Waals surface area contributed by atoms with Crippen LogP contribution < -0.4 is 11.3 Å². The van der Waals surface area contributed by atoms with E-state index in [1.54, 1.807) is 6.20 Å². The Morgan fingerprint density at radius 1 is 1.35 bits per heavy atom. The first-order valence-corrected chi connectivity index (χ1v) is 6.29. The van der Waals surface area contributed by atoms with Crippen molar-refractivity contribution in [1.29, 1.82) is 0 Å². The topological polar surface area (TPSA) is 55.9 Å². The van der Waals surface area contributed by atoms with E-state index in [0.717, 1.165) is 22.3 Å². The second kappa shape index (κ2) is 5.44. The first-order chi connectivity index (χ1) is 8.26. The van der Waals surface area contributed by atoms with Crippen molar-refractivity contribution in [2.45, 2.75) is 19.5 Å². The maximum Gasteiger partial charge on any atom is 0.0878 e. The third kappa shape index (κ3) is 2.57. The van der Waals surface area contributed by atoms with Gasteiger partial charge in [-0.05, 0) is 30.7 Å². The standard InChI is InChI=1S/C12H15BrN4/c1-2-17-11(7-8-15-17)12(16-14)9-3-5-10(13)6-4-9/h3-8,12,16H,2,14H2,1H3. The van der Waals surface area contributed by atoms with Crippen molar-refractivity contribution in [2.75, 3.05) is 0 Å². The maximum absolute atomic E-state index is 5.65. The molecule has 0 saturated heterocycles. The van der Waals surface area contributed by atoms with Crippen LogP contribution in [-0.4, -0.2) is 9.78 Å². The number of aromatic nitrogens is 2. The second-order valence-electron chi connectivity index (χ2n) is 3.72. The van der Waals surface area contributed by atoms with Crippen molar-refractivity contribution in [3.63, 3.8) is 0 Å². The molecule has 1 aromatic heterocycles. The molecular weight excluding hydrogens is 280 g/mol. The molecule has 1 unspecified atom stereocenters. The molecule has 0 amide bonds. The zero-order valence-electron chi connectivity index (χ0n) is 9.60. The molecule has 0 spiro atoms. The highest BCUT2D eigenvalue weighted by Gasteiger charge is 2.16. The van der Waals surface area contributed by atoms with E-state index in [9.17, 15) is 0 Å². The first kappa shape index (κ1) is 12.3. The van der Waals surface area contributed by atoms with Gasteiger partial charge >= 0.3 is 0 Å². The van der Waals surface area contributed by atoms with E-state index in [1.807, 2.05) is 35.0 Å². The largest absolute Gasteiger partial charge is 0.271 e. The van der Waals surface area contributed by atoms with E-state index < -0.39 is 0 Å². The van der Waals surface area contributed by atoms with Crippen LogP contribution in [0.3, 0.4) is 0 Å². The van der Waals surface area contributed by atoms with Gasteiger partial charge < -0.3 is 0 Å². The summed E-state index contributed by atoms with van der Waals surface area (Å²) in [6.45, 7) is 2.89. The SMILES string of the molecule is CCn1nccc1C(NN)c1ccc(Br)cc1. The molecule has 90 valence electrons. The van der Waals surface area contributed by atoms with Gasteiger partial charge in [-0.1, -0.05) is 28.1 Å². The van der Waals surface area contributed by atoms with Gasteiger partial charge in [-0.2, -0.15) is 5.10 Å². The number of rotatable bonds is 4. The van der Waals surface area contributed by atoms with Gasteiger partial charge in [0.2, 0.25) is 0 Å². The minimum atomic E-state index is -0.0365. The fourth-order valence-electron chi connectivity index (χ4n) is 1.86. The third-order valence-corrected chi connectivity index (χ3v) is 3.24. The van der Waals surface area contributed by atoms with Crippen LogP contribution in [0.4, 0.5) is 0 Å². The Bertz CT molecular complexity index is 478. The van der Waals surface area contributed by atoms with Crippen molar-refractivity contribution < 1.29 is 0 Å². The number of halogens is 1. The van der Waals surface area contributed by atoms with Crippen LogP contribution in [0.5, 0.6) is 0 Å². The molecule has 2 aromatic rings. The lowest BCUT2D eigenvalue weighted by atomic mass is 10.0. The van der Waals surface area contributed by atoms with E-state index in [-0.39, 0.29) is 6.04 Å². The fourth-order valence-corrected chi connectivity index (χ4v) is 2.12. The lowest BCUT2D eigenvalue weighted by Crippen LogP contribution is -2.30. The Kier molecular flexibility index (Phi) is 3.93. The summed E-state index contributed by atoms with van der Waals surface area (Å²) in [6, 6.07) is 10.0. The second-order valence-corrected chi connectivity index (χ2v) is 4.64. The summed E-state index contributed by atoms with van der Waals surface area (Å²) in [7, 11) is 0. The van der Waals surface area contributed by atoms with Crippen molar-refractivity contribution in [1.82, 2.24) is 15.2 Å². The third-order valence-electron chi connectivity index (χ3n) is 2.71. The molecule has 0 radical (unpaired) electrons. The van der Waals surface area contributed by atoms with E-state index >= 15 is 0 Å². The van der Waals surface area contributed by atoms with Crippen molar-refractivity contribution in [3.8, 4) is 0 Å². The molecule has 3 N–H and O–H groups in total. The Labute approximate surface area is 109 Å². The molecule has 0 aliphatic carbocycles. The number of nitrogens with zero attached hydrogens (tertiary/aromatic N) is 2. The van der Waals surface area contributed by atoms with Gasteiger partial charge in [0.1, 0.15) is 0 Å². The predicted octanol–water partition coefficient (Wildman–Crippen LogP) is 2.22. The molecule has 4 nitrogen and oxygen atoms in total. The van der Waals surface area contributed by atoms with Gasteiger partial charge in [0.05, 0.1) is 11.7 Å².